The van der Waals surface area contributed by atoms with Gasteiger partial charge in [-0.05, 0) is 39.5 Å². The fourth-order valence-corrected chi connectivity index (χ4v) is 3.91. The molecule has 0 aromatic carbocycles. The Morgan fingerprint density at radius 2 is 2.00 bits per heavy atom. The van der Waals surface area contributed by atoms with Gasteiger partial charge < -0.3 is 15.0 Å². The number of anilines is 1. The van der Waals surface area contributed by atoms with Crippen LogP contribution in [0.3, 0.4) is 0 Å². The molecule has 0 bridgehead atoms. The number of hydrogen-bond donors (Lipinski definition) is 2. The van der Waals surface area contributed by atoms with E-state index in [1.807, 2.05) is 20.8 Å². The summed E-state index contributed by atoms with van der Waals surface area (Å²) in [5, 5.41) is 10.2. The lowest BCUT2D eigenvalue weighted by molar-refractivity contribution is -0.116. The minimum absolute atomic E-state index is 0.0319. The van der Waals surface area contributed by atoms with Crippen molar-refractivity contribution in [3.05, 3.63) is 11.3 Å². The molecule has 0 radical (unpaired) electrons. The van der Waals surface area contributed by atoms with Gasteiger partial charge in [-0.25, -0.2) is 4.79 Å². The maximum Gasteiger partial charge on any atom is 0.410 e. The van der Waals surface area contributed by atoms with Crippen molar-refractivity contribution >= 4 is 17.8 Å². The summed E-state index contributed by atoms with van der Waals surface area (Å²) < 4.78 is 5.44. The van der Waals surface area contributed by atoms with E-state index in [-0.39, 0.29) is 12.0 Å². The zero-order valence-corrected chi connectivity index (χ0v) is 16.8. The molecule has 1 aliphatic heterocycles. The monoisotopic (exact) mass is 376 g/mol. The molecule has 0 spiro atoms. The summed E-state index contributed by atoms with van der Waals surface area (Å²) in [5.41, 5.74) is 1.36. The predicted molar refractivity (Wildman–Crippen MR) is 103 cm³/mol. The lowest BCUT2D eigenvalue weighted by Crippen LogP contribution is -2.39. The van der Waals surface area contributed by atoms with Crippen LogP contribution in [0.5, 0.6) is 0 Å². The number of H-pyrrole nitrogens is 1. The molecule has 2 amide bonds. The van der Waals surface area contributed by atoms with Crippen LogP contribution in [0.1, 0.15) is 77.0 Å². The lowest BCUT2D eigenvalue weighted by Gasteiger charge is -2.29. The zero-order chi connectivity index (χ0) is 19.4. The number of rotatable bonds is 4. The van der Waals surface area contributed by atoms with Crippen LogP contribution >= 0.6 is 0 Å². The topological polar surface area (TPSA) is 87.3 Å². The Hall–Kier alpha value is -2.05. The first kappa shape index (κ1) is 19.7. The second-order valence-electron chi connectivity index (χ2n) is 8.77. The van der Waals surface area contributed by atoms with Gasteiger partial charge in [0.1, 0.15) is 5.60 Å². The van der Waals surface area contributed by atoms with Crippen molar-refractivity contribution in [2.45, 2.75) is 84.3 Å². The number of hydrogen-bond acceptors (Lipinski definition) is 4. The molecule has 3 rings (SSSR count). The van der Waals surface area contributed by atoms with Crippen molar-refractivity contribution in [1.29, 1.82) is 0 Å². The van der Waals surface area contributed by atoms with Gasteiger partial charge in [0.2, 0.25) is 5.91 Å². The van der Waals surface area contributed by atoms with E-state index in [0.717, 1.165) is 17.7 Å². The molecule has 1 aromatic heterocycles. The summed E-state index contributed by atoms with van der Waals surface area (Å²) in [6, 6.07) is 0. The van der Waals surface area contributed by atoms with E-state index in [1.54, 1.807) is 4.90 Å². The molecule has 0 saturated heterocycles. The van der Waals surface area contributed by atoms with E-state index in [4.69, 9.17) is 4.74 Å². The van der Waals surface area contributed by atoms with E-state index >= 15 is 0 Å². The Kier molecular flexibility index (Phi) is 6.07. The van der Waals surface area contributed by atoms with Gasteiger partial charge in [0.15, 0.2) is 5.82 Å². The standard InChI is InChI=1S/C20H32N4O3/c1-20(2,3)27-19(26)24-12-11-15-16(13-24)22-23-18(15)21-17(25)10-9-14-7-5-4-6-8-14/h14H,4-13H2,1-3H3,(H2,21,22,23,25). The molecule has 7 heteroatoms. The van der Waals surface area contributed by atoms with Gasteiger partial charge >= 0.3 is 6.09 Å². The fourth-order valence-electron chi connectivity index (χ4n) is 3.91. The lowest BCUT2D eigenvalue weighted by atomic mass is 9.86. The first-order valence-corrected chi connectivity index (χ1v) is 10.2. The smallest absolute Gasteiger partial charge is 0.410 e. The highest BCUT2D eigenvalue weighted by Gasteiger charge is 2.28. The third-order valence-electron chi connectivity index (χ3n) is 5.35. The molecule has 1 aromatic rings. The SMILES string of the molecule is CC(C)(C)OC(=O)N1CCc2c(NC(=O)CCC3CCCCC3)n[nH]c2C1. The van der Waals surface area contributed by atoms with Gasteiger partial charge in [-0.15, -0.1) is 0 Å². The molecular formula is C20H32N4O3. The van der Waals surface area contributed by atoms with Crippen LogP contribution < -0.4 is 5.32 Å². The molecule has 0 unspecified atom stereocenters. The summed E-state index contributed by atoms with van der Waals surface area (Å²) in [4.78, 5) is 26.2. The van der Waals surface area contributed by atoms with Crippen molar-refractivity contribution in [2.24, 2.45) is 5.92 Å². The van der Waals surface area contributed by atoms with Crippen molar-refractivity contribution in [3.8, 4) is 0 Å². The molecule has 2 aliphatic rings. The van der Waals surface area contributed by atoms with Crippen LogP contribution in [0.4, 0.5) is 10.6 Å². The molecule has 1 aliphatic carbocycles. The first-order valence-electron chi connectivity index (χ1n) is 10.2. The number of carbonyl (C=O) groups is 2. The Labute approximate surface area is 161 Å². The predicted octanol–water partition coefficient (Wildman–Crippen LogP) is 4.00. The van der Waals surface area contributed by atoms with Gasteiger partial charge in [-0.2, -0.15) is 5.10 Å². The van der Waals surface area contributed by atoms with Crippen molar-refractivity contribution in [3.63, 3.8) is 0 Å². The second-order valence-corrected chi connectivity index (χ2v) is 8.77. The normalized spacial score (nSPS) is 18.1. The van der Waals surface area contributed by atoms with E-state index in [2.05, 4.69) is 15.5 Å². The number of nitrogens with zero attached hydrogens (tertiary/aromatic N) is 2. The van der Waals surface area contributed by atoms with Crippen LogP contribution in [0.15, 0.2) is 0 Å². The van der Waals surface area contributed by atoms with E-state index in [0.29, 0.717) is 37.7 Å². The van der Waals surface area contributed by atoms with E-state index in [1.165, 1.54) is 32.1 Å². The highest BCUT2D eigenvalue weighted by atomic mass is 16.6. The Morgan fingerprint density at radius 1 is 1.26 bits per heavy atom. The molecule has 2 N–H and O–H groups in total. The average molecular weight is 377 g/mol. The Bertz CT molecular complexity index is 671. The van der Waals surface area contributed by atoms with Crippen molar-refractivity contribution < 1.29 is 14.3 Å². The molecule has 27 heavy (non-hydrogen) atoms. The summed E-state index contributed by atoms with van der Waals surface area (Å²) in [6.45, 7) is 6.56. The molecule has 1 saturated carbocycles. The fraction of sp³-hybridized carbons (Fsp3) is 0.750. The van der Waals surface area contributed by atoms with Crippen LogP contribution in [0, 0.1) is 5.92 Å². The van der Waals surface area contributed by atoms with Crippen LogP contribution in [0.2, 0.25) is 0 Å². The molecular weight excluding hydrogens is 344 g/mol. The molecule has 0 atom stereocenters. The number of fused-ring (bicyclic) bond motifs is 1. The highest BCUT2D eigenvalue weighted by molar-refractivity contribution is 5.90. The number of aromatic amines is 1. The Morgan fingerprint density at radius 3 is 2.70 bits per heavy atom. The number of nitrogens with one attached hydrogen (secondary N) is 2. The van der Waals surface area contributed by atoms with Gasteiger partial charge in [-0.3, -0.25) is 9.89 Å². The average Bonchev–Trinajstić information content (AvgIpc) is 3.01. The van der Waals surface area contributed by atoms with Crippen LogP contribution in [0.25, 0.3) is 0 Å². The zero-order valence-electron chi connectivity index (χ0n) is 16.8. The number of ether oxygens (including phenoxy) is 1. The second kappa shape index (κ2) is 8.31. The number of amides is 2. The molecule has 2 heterocycles. The summed E-state index contributed by atoms with van der Waals surface area (Å²) >= 11 is 0. The summed E-state index contributed by atoms with van der Waals surface area (Å²) in [7, 11) is 0. The maximum atomic E-state index is 12.3. The van der Waals surface area contributed by atoms with Crippen LogP contribution in [-0.2, 0) is 22.5 Å². The van der Waals surface area contributed by atoms with E-state index in [9.17, 15) is 9.59 Å². The molecule has 1 fully saturated rings. The van der Waals surface area contributed by atoms with Gasteiger partial charge in [0.05, 0.1) is 12.2 Å². The summed E-state index contributed by atoms with van der Waals surface area (Å²) in [5.74, 6) is 1.34. The first-order chi connectivity index (χ1) is 12.8. The molecule has 7 nitrogen and oxygen atoms in total. The molecule has 150 valence electrons. The number of aromatic nitrogens is 2. The Balaban J connectivity index is 1.51. The minimum Gasteiger partial charge on any atom is -0.444 e. The van der Waals surface area contributed by atoms with Crippen molar-refractivity contribution in [2.75, 3.05) is 11.9 Å². The largest absolute Gasteiger partial charge is 0.444 e. The third kappa shape index (κ3) is 5.47. The van der Waals surface area contributed by atoms with E-state index < -0.39 is 5.60 Å². The minimum atomic E-state index is -0.511. The number of carbonyl (C=O) groups excluding carboxylic acids is 2. The quantitative estimate of drug-likeness (QED) is 0.831. The maximum absolute atomic E-state index is 12.3. The highest BCUT2D eigenvalue weighted by Crippen LogP contribution is 2.28. The van der Waals surface area contributed by atoms with Gasteiger partial charge in [-0.1, -0.05) is 32.1 Å². The van der Waals surface area contributed by atoms with Crippen molar-refractivity contribution in [1.82, 2.24) is 15.1 Å². The van der Waals surface area contributed by atoms with Crippen LogP contribution in [-0.4, -0.2) is 39.2 Å². The van der Waals surface area contributed by atoms with Gasteiger partial charge in [0.25, 0.3) is 0 Å². The summed E-state index contributed by atoms with van der Waals surface area (Å²) in [6.07, 6.45) is 8.30. The van der Waals surface area contributed by atoms with Gasteiger partial charge in [0, 0.05) is 18.5 Å². The third-order valence-corrected chi connectivity index (χ3v) is 5.35.